The molecule has 6 heteroatoms. The van der Waals surface area contributed by atoms with Crippen molar-refractivity contribution in [2.75, 3.05) is 20.7 Å². The van der Waals surface area contributed by atoms with E-state index in [1.807, 2.05) is 0 Å². The van der Waals surface area contributed by atoms with Gasteiger partial charge in [0.15, 0.2) is 5.96 Å². The van der Waals surface area contributed by atoms with E-state index in [1.165, 1.54) is 13.5 Å². The highest BCUT2D eigenvalue weighted by Gasteiger charge is 2.33. The fourth-order valence-electron chi connectivity index (χ4n) is 1.28. The van der Waals surface area contributed by atoms with Gasteiger partial charge < -0.3 is 15.4 Å². The van der Waals surface area contributed by atoms with Crippen LogP contribution in [0.3, 0.4) is 0 Å². The molecule has 0 bridgehead atoms. The Morgan fingerprint density at radius 3 is 2.62 bits per heavy atom. The van der Waals surface area contributed by atoms with Crippen LogP contribution in [0.25, 0.3) is 0 Å². The largest absolute Gasteiger partial charge is 0.469 e. The summed E-state index contributed by atoms with van der Waals surface area (Å²) in [7, 11) is 3.11. The topological polar surface area (TPSA) is 62.7 Å². The van der Waals surface area contributed by atoms with Crippen molar-refractivity contribution in [1.82, 2.24) is 10.6 Å². The number of hydrogen-bond donors (Lipinski definition) is 2. The SMILES string of the molecule is CN=C(NCCC(=O)OC)NC1CC1C.I. The third-order valence-corrected chi connectivity index (χ3v) is 2.50. The molecule has 2 N–H and O–H groups in total. The monoisotopic (exact) mass is 341 g/mol. The molecular weight excluding hydrogens is 321 g/mol. The van der Waals surface area contributed by atoms with E-state index in [4.69, 9.17) is 0 Å². The first-order valence-corrected chi connectivity index (χ1v) is 5.21. The molecule has 1 saturated carbocycles. The number of hydrogen-bond acceptors (Lipinski definition) is 3. The van der Waals surface area contributed by atoms with E-state index in [0.717, 1.165) is 11.9 Å². The molecule has 0 spiro atoms. The predicted octanol–water partition coefficient (Wildman–Crippen LogP) is 0.741. The lowest BCUT2D eigenvalue weighted by Crippen LogP contribution is -2.40. The van der Waals surface area contributed by atoms with Gasteiger partial charge in [-0.3, -0.25) is 9.79 Å². The Balaban J connectivity index is 0.00000225. The molecule has 1 aliphatic carbocycles. The average Bonchev–Trinajstić information content (AvgIpc) is 2.92. The van der Waals surface area contributed by atoms with Gasteiger partial charge in [0.2, 0.25) is 0 Å². The minimum Gasteiger partial charge on any atom is -0.469 e. The van der Waals surface area contributed by atoms with Crippen LogP contribution in [0.4, 0.5) is 0 Å². The third kappa shape index (κ3) is 5.53. The minimum absolute atomic E-state index is 0. The van der Waals surface area contributed by atoms with E-state index in [2.05, 4.69) is 27.3 Å². The Bertz CT molecular complexity index is 258. The fourth-order valence-corrected chi connectivity index (χ4v) is 1.28. The maximum absolute atomic E-state index is 10.8. The molecule has 94 valence electrons. The molecule has 0 saturated heterocycles. The van der Waals surface area contributed by atoms with Crippen LogP contribution < -0.4 is 10.6 Å². The van der Waals surface area contributed by atoms with Crippen LogP contribution in [-0.4, -0.2) is 38.7 Å². The van der Waals surface area contributed by atoms with Crippen molar-refractivity contribution >= 4 is 35.9 Å². The molecule has 1 fully saturated rings. The van der Waals surface area contributed by atoms with Crippen LogP contribution in [0, 0.1) is 5.92 Å². The van der Waals surface area contributed by atoms with Gasteiger partial charge in [0.05, 0.1) is 13.5 Å². The molecule has 1 rings (SSSR count). The second kappa shape index (κ2) is 7.70. The van der Waals surface area contributed by atoms with Crippen LogP contribution in [0.1, 0.15) is 19.8 Å². The third-order valence-electron chi connectivity index (χ3n) is 2.50. The molecule has 0 aromatic carbocycles. The highest BCUT2D eigenvalue weighted by Crippen LogP contribution is 2.28. The van der Waals surface area contributed by atoms with Gasteiger partial charge in [0, 0.05) is 19.6 Å². The van der Waals surface area contributed by atoms with Gasteiger partial charge in [0.1, 0.15) is 0 Å². The smallest absolute Gasteiger partial charge is 0.307 e. The summed E-state index contributed by atoms with van der Waals surface area (Å²) in [6, 6.07) is 0.536. The van der Waals surface area contributed by atoms with Crippen molar-refractivity contribution in [2.24, 2.45) is 10.9 Å². The minimum atomic E-state index is -0.210. The maximum atomic E-state index is 10.8. The molecule has 0 aromatic heterocycles. The number of carbonyl (C=O) groups excluding carboxylic acids is 1. The molecule has 0 aliphatic heterocycles. The molecule has 0 heterocycles. The zero-order chi connectivity index (χ0) is 11.3. The highest BCUT2D eigenvalue weighted by molar-refractivity contribution is 14.0. The van der Waals surface area contributed by atoms with Crippen LogP contribution in [0.2, 0.25) is 0 Å². The molecule has 16 heavy (non-hydrogen) atoms. The molecular formula is C10H20IN3O2. The summed E-state index contributed by atoms with van der Waals surface area (Å²) < 4.78 is 4.54. The summed E-state index contributed by atoms with van der Waals surface area (Å²) in [4.78, 5) is 14.9. The van der Waals surface area contributed by atoms with Crippen molar-refractivity contribution < 1.29 is 9.53 Å². The maximum Gasteiger partial charge on any atom is 0.307 e. The molecule has 5 nitrogen and oxygen atoms in total. The normalized spacial score (nSPS) is 23.1. The summed E-state index contributed by atoms with van der Waals surface area (Å²) in [5.41, 5.74) is 0. The highest BCUT2D eigenvalue weighted by atomic mass is 127. The quantitative estimate of drug-likeness (QED) is 0.343. The first-order chi connectivity index (χ1) is 7.17. The van der Waals surface area contributed by atoms with Crippen LogP contribution in [0.15, 0.2) is 4.99 Å². The fraction of sp³-hybridized carbons (Fsp3) is 0.800. The van der Waals surface area contributed by atoms with E-state index in [0.29, 0.717) is 19.0 Å². The molecule has 1 aliphatic rings. The van der Waals surface area contributed by atoms with Crippen molar-refractivity contribution in [3.8, 4) is 0 Å². The van der Waals surface area contributed by atoms with Crippen molar-refractivity contribution in [3.63, 3.8) is 0 Å². The number of nitrogens with zero attached hydrogens (tertiary/aromatic N) is 1. The van der Waals surface area contributed by atoms with Crippen LogP contribution in [-0.2, 0) is 9.53 Å². The van der Waals surface area contributed by atoms with Gasteiger partial charge in [-0.05, 0) is 12.3 Å². The van der Waals surface area contributed by atoms with Gasteiger partial charge in [-0.2, -0.15) is 0 Å². The van der Waals surface area contributed by atoms with Crippen molar-refractivity contribution in [3.05, 3.63) is 0 Å². The van der Waals surface area contributed by atoms with Gasteiger partial charge in [-0.1, -0.05) is 6.92 Å². The number of esters is 1. The number of halogens is 1. The lowest BCUT2D eigenvalue weighted by molar-refractivity contribution is -0.140. The number of nitrogens with one attached hydrogen (secondary N) is 2. The Morgan fingerprint density at radius 1 is 1.56 bits per heavy atom. The van der Waals surface area contributed by atoms with Crippen LogP contribution in [0.5, 0.6) is 0 Å². The number of methoxy groups -OCH3 is 1. The lowest BCUT2D eigenvalue weighted by Gasteiger charge is -2.10. The summed E-state index contributed by atoms with van der Waals surface area (Å²) in [6.45, 7) is 2.74. The first kappa shape index (κ1) is 15.5. The van der Waals surface area contributed by atoms with Gasteiger partial charge >= 0.3 is 5.97 Å². The molecule has 2 unspecified atom stereocenters. The summed E-state index contributed by atoms with van der Waals surface area (Å²) in [5.74, 6) is 1.27. The lowest BCUT2D eigenvalue weighted by atomic mass is 10.4. The Morgan fingerprint density at radius 2 is 2.19 bits per heavy atom. The zero-order valence-electron chi connectivity index (χ0n) is 9.95. The van der Waals surface area contributed by atoms with Crippen molar-refractivity contribution in [1.29, 1.82) is 0 Å². The molecule has 0 radical (unpaired) electrons. The number of guanidine groups is 1. The van der Waals surface area contributed by atoms with E-state index >= 15 is 0 Å². The average molecular weight is 341 g/mol. The summed E-state index contributed by atoms with van der Waals surface area (Å²) >= 11 is 0. The van der Waals surface area contributed by atoms with Gasteiger partial charge in [-0.15, -0.1) is 24.0 Å². The zero-order valence-corrected chi connectivity index (χ0v) is 12.3. The number of carbonyl (C=O) groups is 1. The van der Waals surface area contributed by atoms with Gasteiger partial charge in [0.25, 0.3) is 0 Å². The van der Waals surface area contributed by atoms with Crippen LogP contribution >= 0.6 is 24.0 Å². The van der Waals surface area contributed by atoms with Crippen molar-refractivity contribution in [2.45, 2.75) is 25.8 Å². The first-order valence-electron chi connectivity index (χ1n) is 5.21. The predicted molar refractivity (Wildman–Crippen MR) is 74.1 cm³/mol. The number of ether oxygens (including phenoxy) is 1. The standard InChI is InChI=1S/C10H19N3O2.HI/c1-7-6-8(7)13-10(11-2)12-5-4-9(14)15-3;/h7-8H,4-6H2,1-3H3,(H2,11,12,13);1H. The van der Waals surface area contributed by atoms with Gasteiger partial charge in [-0.25, -0.2) is 0 Å². The molecule has 2 atom stereocenters. The molecule has 0 aromatic rings. The second-order valence-electron chi connectivity index (χ2n) is 3.79. The van der Waals surface area contributed by atoms with E-state index in [-0.39, 0.29) is 29.9 Å². The Hall–Kier alpha value is -0.530. The van der Waals surface area contributed by atoms with E-state index in [9.17, 15) is 4.79 Å². The molecule has 0 amide bonds. The number of rotatable bonds is 4. The second-order valence-corrected chi connectivity index (χ2v) is 3.79. The number of aliphatic imine (C=N–C) groups is 1. The van der Waals surface area contributed by atoms with E-state index in [1.54, 1.807) is 7.05 Å². The Kier molecular flexibility index (Phi) is 7.44. The Labute approximate surface area is 113 Å². The summed E-state index contributed by atoms with van der Waals surface area (Å²) in [6.07, 6.45) is 1.55. The van der Waals surface area contributed by atoms with E-state index < -0.39 is 0 Å². The summed E-state index contributed by atoms with van der Waals surface area (Å²) in [5, 5.41) is 6.33.